The van der Waals surface area contributed by atoms with Crippen LogP contribution in [0.2, 0.25) is 0 Å². The molecule has 0 aromatic heterocycles. The van der Waals surface area contributed by atoms with E-state index in [1.807, 2.05) is 20.8 Å². The summed E-state index contributed by atoms with van der Waals surface area (Å²) < 4.78 is 53.9. The number of rotatable bonds is 60. The van der Waals surface area contributed by atoms with Crippen molar-refractivity contribution in [3.63, 3.8) is 0 Å². The second-order valence-electron chi connectivity index (χ2n) is 25.4. The number of esters is 4. The Hall–Kier alpha value is -3.56. The summed E-state index contributed by atoms with van der Waals surface area (Å²) in [6, 6.07) is -3.32. The van der Waals surface area contributed by atoms with Crippen LogP contribution in [-0.2, 0) is 71.1 Å². The fourth-order valence-corrected chi connectivity index (χ4v) is 11.9. The molecular formula is C69H128N3O18P. The van der Waals surface area contributed by atoms with E-state index in [0.717, 1.165) is 141 Å². The Labute approximate surface area is 548 Å². The standard InChI is InChI=1S/C69H128N3O18P/c1-7-13-19-22-25-28-31-34-40-43-54(85-61(76)46-37-16-10-4)49-59(74)71-65-67(89-64(79)51-56(87-63(78)48-39-18-12-6)45-42-36-33-30-27-24-21-15-9-3)66(90-91(81,82)83)58(52-73)88-69(65)84-53-57(70)68(80)72-60(75)50-55(86-62(77)47-38-17-11-5)44-41-35-32-29-26-23-20-14-8-2/h54-58,65-67,69,73H,7-53,70H2,1-6H3,(H,71,74)(H,72,75,80)(H2,81,82,83)/t54-,55-,56-,57+,58-,65-,66-,67-,69+/m1/s1. The molecule has 0 unspecified atom stereocenters. The number of ether oxygens (including phenoxy) is 6. The smallest absolute Gasteiger partial charge is 0.462 e. The van der Waals surface area contributed by atoms with Crippen molar-refractivity contribution in [3.05, 3.63) is 0 Å². The quantitative estimate of drug-likeness (QED) is 0.0143. The van der Waals surface area contributed by atoms with Gasteiger partial charge in [0.25, 0.3) is 0 Å². The van der Waals surface area contributed by atoms with Crippen molar-refractivity contribution < 1.29 is 86.0 Å². The Morgan fingerprint density at radius 2 is 0.802 bits per heavy atom. The van der Waals surface area contributed by atoms with Gasteiger partial charge in [-0.3, -0.25) is 43.4 Å². The van der Waals surface area contributed by atoms with Gasteiger partial charge in [-0.05, 0) is 57.8 Å². The molecule has 1 aliphatic rings. The minimum atomic E-state index is -5.51. The molecule has 0 aliphatic carbocycles. The number of phosphoric acid groups is 1. The molecular weight excluding hydrogens is 1190 g/mol. The lowest BCUT2D eigenvalue weighted by atomic mass is 9.95. The minimum absolute atomic E-state index is 0.123. The van der Waals surface area contributed by atoms with Crippen molar-refractivity contribution in [3.8, 4) is 0 Å². The molecule has 0 aromatic rings. The van der Waals surface area contributed by atoms with Crippen LogP contribution < -0.4 is 16.4 Å². The van der Waals surface area contributed by atoms with Gasteiger partial charge in [0.15, 0.2) is 12.4 Å². The molecule has 1 saturated heterocycles. The van der Waals surface area contributed by atoms with Crippen LogP contribution in [0, 0.1) is 0 Å². The van der Waals surface area contributed by atoms with Crippen molar-refractivity contribution in [2.24, 2.45) is 5.73 Å². The molecule has 1 heterocycles. The maximum Gasteiger partial charge on any atom is 0.470 e. The van der Waals surface area contributed by atoms with Crippen LogP contribution in [0.3, 0.4) is 0 Å². The third kappa shape index (κ3) is 45.5. The predicted molar refractivity (Wildman–Crippen MR) is 353 cm³/mol. The fraction of sp³-hybridized carbons (Fsp3) is 0.899. The highest BCUT2D eigenvalue weighted by Crippen LogP contribution is 2.42. The highest BCUT2D eigenvalue weighted by Gasteiger charge is 2.52. The van der Waals surface area contributed by atoms with Gasteiger partial charge < -0.3 is 54.4 Å². The van der Waals surface area contributed by atoms with Crippen molar-refractivity contribution in [2.45, 2.75) is 385 Å². The van der Waals surface area contributed by atoms with E-state index in [4.69, 9.17) is 38.7 Å². The van der Waals surface area contributed by atoms with E-state index in [9.17, 15) is 53.0 Å². The second kappa shape index (κ2) is 55.7. The number of imide groups is 1. The molecule has 7 N–H and O–H groups in total. The summed E-state index contributed by atoms with van der Waals surface area (Å²) in [5.74, 6) is -4.94. The van der Waals surface area contributed by atoms with Crippen LogP contribution in [-0.4, -0.2) is 125 Å². The fourth-order valence-electron chi connectivity index (χ4n) is 11.3. The largest absolute Gasteiger partial charge is 0.470 e. The summed E-state index contributed by atoms with van der Waals surface area (Å²) in [5.41, 5.74) is 6.38. The zero-order valence-electron chi connectivity index (χ0n) is 57.4. The first-order chi connectivity index (χ1) is 43.8. The van der Waals surface area contributed by atoms with Crippen molar-refractivity contribution in [2.75, 3.05) is 13.2 Å². The Bertz CT molecular complexity index is 1960. The number of aliphatic hydroxyl groups is 1. The lowest BCUT2D eigenvalue weighted by Crippen LogP contribution is -2.66. The summed E-state index contributed by atoms with van der Waals surface area (Å²) in [6.07, 6.45) is 25.2. The molecule has 0 saturated carbocycles. The number of phosphoric ester groups is 1. The molecule has 1 fully saturated rings. The molecule has 532 valence electrons. The predicted octanol–water partition coefficient (Wildman–Crippen LogP) is 14.0. The van der Waals surface area contributed by atoms with Crippen LogP contribution in [0.4, 0.5) is 0 Å². The van der Waals surface area contributed by atoms with E-state index < -0.39 is 130 Å². The monoisotopic (exact) mass is 1320 g/mol. The first kappa shape index (κ1) is 85.5. The van der Waals surface area contributed by atoms with Crippen LogP contribution in [0.5, 0.6) is 0 Å². The Morgan fingerprint density at radius 3 is 1.16 bits per heavy atom. The third-order valence-electron chi connectivity index (χ3n) is 16.7. The number of nitrogens with two attached hydrogens (primary N) is 1. The van der Waals surface area contributed by atoms with E-state index in [2.05, 4.69) is 31.4 Å². The summed E-state index contributed by atoms with van der Waals surface area (Å²) in [6.45, 7) is 10.8. The maximum absolute atomic E-state index is 14.5. The van der Waals surface area contributed by atoms with E-state index in [0.29, 0.717) is 57.8 Å². The van der Waals surface area contributed by atoms with Gasteiger partial charge in [-0.25, -0.2) is 4.57 Å². The Morgan fingerprint density at radius 1 is 0.462 bits per heavy atom. The first-order valence-corrected chi connectivity index (χ1v) is 37.7. The Kier molecular flexibility index (Phi) is 52.3. The number of hydrogen-bond acceptors (Lipinski definition) is 17. The van der Waals surface area contributed by atoms with Gasteiger partial charge in [-0.15, -0.1) is 0 Å². The lowest BCUT2D eigenvalue weighted by molar-refractivity contribution is -0.271. The van der Waals surface area contributed by atoms with Crippen molar-refractivity contribution in [1.82, 2.24) is 10.6 Å². The molecule has 21 nitrogen and oxygen atoms in total. The summed E-state index contributed by atoms with van der Waals surface area (Å²) in [4.78, 5) is 116. The summed E-state index contributed by atoms with van der Waals surface area (Å²) in [7, 11) is -5.51. The maximum atomic E-state index is 14.5. The second-order valence-corrected chi connectivity index (χ2v) is 26.5. The van der Waals surface area contributed by atoms with Crippen LogP contribution in [0.1, 0.15) is 330 Å². The van der Waals surface area contributed by atoms with Gasteiger partial charge in [-0.2, -0.15) is 0 Å². The number of carbonyl (C=O) groups is 7. The molecule has 1 rings (SSSR count). The molecule has 91 heavy (non-hydrogen) atoms. The molecule has 0 bridgehead atoms. The van der Waals surface area contributed by atoms with Crippen LogP contribution >= 0.6 is 7.82 Å². The molecule has 3 amide bonds. The van der Waals surface area contributed by atoms with E-state index in [1.165, 1.54) is 51.4 Å². The SMILES string of the molecule is CCCCCCCCCCC[C@H](CC(=O)NC(=O)[C@@H](N)CO[C@H]1O[C@H](CO)[C@@H](OP(=O)(O)O)[C@H](OC(=O)C[C@@H](CCCCCCCCCCC)OC(=O)CCCCC)[C@H]1NC(=O)C[C@@H](CCCCCCCCCCC)OC(=O)CCCCC)OC(=O)CCCCC. The average molecular weight is 1320 g/mol. The topological polar surface area (TPSA) is 312 Å². The van der Waals surface area contributed by atoms with Gasteiger partial charge in [0.1, 0.15) is 42.6 Å². The van der Waals surface area contributed by atoms with Gasteiger partial charge in [0.05, 0.1) is 32.5 Å². The number of hydrogen-bond donors (Lipinski definition) is 6. The first-order valence-electron chi connectivity index (χ1n) is 36.1. The van der Waals surface area contributed by atoms with Crippen molar-refractivity contribution in [1.29, 1.82) is 0 Å². The average Bonchev–Trinajstić information content (AvgIpc) is 0.900. The molecule has 22 heteroatoms. The van der Waals surface area contributed by atoms with E-state index in [-0.39, 0.29) is 25.7 Å². The zero-order chi connectivity index (χ0) is 67.3. The van der Waals surface area contributed by atoms with E-state index in [1.54, 1.807) is 0 Å². The number of amides is 3. The molecule has 0 radical (unpaired) electrons. The zero-order valence-corrected chi connectivity index (χ0v) is 58.3. The molecule has 1 aliphatic heterocycles. The van der Waals surface area contributed by atoms with Gasteiger partial charge in [-0.1, -0.05) is 234 Å². The number of aliphatic hydroxyl groups excluding tert-OH is 1. The number of unbranched alkanes of at least 4 members (excludes halogenated alkanes) is 30. The highest BCUT2D eigenvalue weighted by molar-refractivity contribution is 7.46. The number of carbonyl (C=O) groups excluding carboxylic acids is 7. The van der Waals surface area contributed by atoms with Gasteiger partial charge in [0.2, 0.25) is 17.7 Å². The van der Waals surface area contributed by atoms with E-state index >= 15 is 0 Å². The molecule has 9 atom stereocenters. The third-order valence-corrected chi connectivity index (χ3v) is 17.2. The highest BCUT2D eigenvalue weighted by atomic mass is 31.2. The minimum Gasteiger partial charge on any atom is -0.462 e. The summed E-state index contributed by atoms with van der Waals surface area (Å²) >= 11 is 0. The lowest BCUT2D eigenvalue weighted by Gasteiger charge is -2.45. The normalized spacial score (nSPS) is 18.0. The van der Waals surface area contributed by atoms with Gasteiger partial charge in [0, 0.05) is 19.3 Å². The molecule has 0 spiro atoms. The molecule has 0 aromatic carbocycles. The van der Waals surface area contributed by atoms with Crippen LogP contribution in [0.25, 0.3) is 0 Å². The Balaban J connectivity index is 3.68. The van der Waals surface area contributed by atoms with Crippen molar-refractivity contribution >= 4 is 49.4 Å². The number of nitrogens with one attached hydrogen (secondary N) is 2. The summed E-state index contributed by atoms with van der Waals surface area (Å²) in [5, 5.41) is 15.8. The van der Waals surface area contributed by atoms with Gasteiger partial charge >= 0.3 is 31.7 Å². The van der Waals surface area contributed by atoms with Crippen LogP contribution in [0.15, 0.2) is 0 Å².